The van der Waals surface area contributed by atoms with Crippen LogP contribution in [0.3, 0.4) is 0 Å². The fourth-order valence-corrected chi connectivity index (χ4v) is 3.17. The molecule has 2 aromatic heterocycles. The van der Waals surface area contributed by atoms with Crippen LogP contribution in [-0.2, 0) is 0 Å². The van der Waals surface area contributed by atoms with E-state index in [2.05, 4.69) is 20.5 Å². The highest BCUT2D eigenvalue weighted by Gasteiger charge is 2.25. The minimum atomic E-state index is -0.581. The molecular formula is C20H20N4O3. The SMILES string of the molecule is Cc1nc(-c2ccc(NC(=O)c3c(C)cc(C4CCC4)oc3=O)cc2)n[nH]1. The Balaban J connectivity index is 1.53. The minimum absolute atomic E-state index is 0.0479. The van der Waals surface area contributed by atoms with Crippen LogP contribution in [0.4, 0.5) is 5.69 Å². The molecule has 2 N–H and O–H groups in total. The first kappa shape index (κ1) is 17.2. The molecule has 1 fully saturated rings. The zero-order valence-electron chi connectivity index (χ0n) is 15.2. The lowest BCUT2D eigenvalue weighted by Gasteiger charge is -2.24. The Kier molecular flexibility index (Phi) is 4.35. The molecule has 0 atom stereocenters. The molecule has 1 saturated carbocycles. The normalized spacial score (nSPS) is 14.0. The molecule has 1 amide bonds. The Labute approximate surface area is 155 Å². The van der Waals surface area contributed by atoms with Crippen molar-refractivity contribution >= 4 is 11.6 Å². The number of rotatable bonds is 4. The summed E-state index contributed by atoms with van der Waals surface area (Å²) < 4.78 is 5.39. The second-order valence-electron chi connectivity index (χ2n) is 6.90. The number of nitrogens with one attached hydrogen (secondary N) is 2. The number of aromatic nitrogens is 3. The van der Waals surface area contributed by atoms with Crippen LogP contribution < -0.4 is 10.9 Å². The maximum atomic E-state index is 12.6. The van der Waals surface area contributed by atoms with Gasteiger partial charge in [-0.05, 0) is 62.6 Å². The number of nitrogens with zero attached hydrogens (tertiary/aromatic N) is 2. The molecule has 2 heterocycles. The number of H-pyrrole nitrogens is 1. The summed E-state index contributed by atoms with van der Waals surface area (Å²) >= 11 is 0. The smallest absolute Gasteiger partial charge is 0.349 e. The number of aryl methyl sites for hydroxylation is 2. The highest BCUT2D eigenvalue weighted by atomic mass is 16.4. The molecule has 0 unspecified atom stereocenters. The third kappa shape index (κ3) is 3.40. The van der Waals surface area contributed by atoms with Gasteiger partial charge in [0.15, 0.2) is 5.82 Å². The maximum absolute atomic E-state index is 12.6. The summed E-state index contributed by atoms with van der Waals surface area (Å²) in [5, 5.41) is 9.65. The van der Waals surface area contributed by atoms with Gasteiger partial charge in [0.1, 0.15) is 17.1 Å². The molecular weight excluding hydrogens is 344 g/mol. The van der Waals surface area contributed by atoms with Crippen molar-refractivity contribution in [2.75, 3.05) is 5.32 Å². The molecule has 4 rings (SSSR count). The molecule has 0 aliphatic heterocycles. The third-order valence-corrected chi connectivity index (χ3v) is 4.90. The predicted molar refractivity (Wildman–Crippen MR) is 101 cm³/mol. The molecule has 1 aromatic carbocycles. The van der Waals surface area contributed by atoms with Gasteiger partial charge in [0.2, 0.25) is 0 Å². The summed E-state index contributed by atoms with van der Waals surface area (Å²) in [5.41, 5.74) is 1.52. The van der Waals surface area contributed by atoms with Crippen molar-refractivity contribution in [3.05, 3.63) is 63.5 Å². The van der Waals surface area contributed by atoms with Crippen LogP contribution in [-0.4, -0.2) is 21.1 Å². The number of hydrogen-bond acceptors (Lipinski definition) is 5. The van der Waals surface area contributed by atoms with Crippen molar-refractivity contribution in [3.63, 3.8) is 0 Å². The molecule has 0 spiro atoms. The van der Waals surface area contributed by atoms with E-state index in [9.17, 15) is 9.59 Å². The van der Waals surface area contributed by atoms with E-state index in [1.54, 1.807) is 19.1 Å². The summed E-state index contributed by atoms with van der Waals surface area (Å²) in [4.78, 5) is 29.2. The van der Waals surface area contributed by atoms with Crippen molar-refractivity contribution in [2.24, 2.45) is 0 Å². The lowest BCUT2D eigenvalue weighted by Crippen LogP contribution is -2.24. The molecule has 1 aliphatic rings. The highest BCUT2D eigenvalue weighted by molar-refractivity contribution is 6.05. The Morgan fingerprint density at radius 3 is 2.52 bits per heavy atom. The molecule has 7 heteroatoms. The zero-order chi connectivity index (χ0) is 19.0. The van der Waals surface area contributed by atoms with Crippen LogP contribution in [0.2, 0.25) is 0 Å². The summed E-state index contributed by atoms with van der Waals surface area (Å²) in [6.45, 7) is 3.60. The fraction of sp³-hybridized carbons (Fsp3) is 0.300. The lowest BCUT2D eigenvalue weighted by atomic mass is 9.83. The molecule has 138 valence electrons. The van der Waals surface area contributed by atoms with E-state index in [1.165, 1.54) is 0 Å². The first-order valence-corrected chi connectivity index (χ1v) is 8.96. The van der Waals surface area contributed by atoms with Gasteiger partial charge in [-0.15, -0.1) is 0 Å². The quantitative estimate of drug-likeness (QED) is 0.737. The molecule has 0 bridgehead atoms. The summed E-state index contributed by atoms with van der Waals surface area (Å²) in [6.07, 6.45) is 3.22. The maximum Gasteiger partial charge on any atom is 0.349 e. The van der Waals surface area contributed by atoms with Gasteiger partial charge in [-0.2, -0.15) is 5.10 Å². The largest absolute Gasteiger partial charge is 0.427 e. The van der Waals surface area contributed by atoms with Crippen LogP contribution >= 0.6 is 0 Å². The minimum Gasteiger partial charge on any atom is -0.427 e. The summed E-state index contributed by atoms with van der Waals surface area (Å²) in [7, 11) is 0. The Bertz CT molecular complexity index is 1050. The van der Waals surface area contributed by atoms with E-state index < -0.39 is 11.5 Å². The summed E-state index contributed by atoms with van der Waals surface area (Å²) in [5.74, 6) is 1.85. The molecule has 0 radical (unpaired) electrons. The third-order valence-electron chi connectivity index (χ3n) is 4.90. The fourth-order valence-electron chi connectivity index (χ4n) is 3.17. The average Bonchev–Trinajstić information content (AvgIpc) is 3.00. The van der Waals surface area contributed by atoms with Gasteiger partial charge < -0.3 is 9.73 Å². The van der Waals surface area contributed by atoms with E-state index in [4.69, 9.17) is 4.42 Å². The Morgan fingerprint density at radius 2 is 1.96 bits per heavy atom. The van der Waals surface area contributed by atoms with E-state index in [0.717, 1.165) is 30.7 Å². The Hall–Kier alpha value is -3.22. The van der Waals surface area contributed by atoms with Crippen molar-refractivity contribution < 1.29 is 9.21 Å². The predicted octanol–water partition coefficient (Wildman–Crippen LogP) is 3.56. The van der Waals surface area contributed by atoms with Crippen molar-refractivity contribution in [2.45, 2.75) is 39.0 Å². The number of carbonyl (C=O) groups is 1. The first-order chi connectivity index (χ1) is 13.0. The topological polar surface area (TPSA) is 101 Å². The monoisotopic (exact) mass is 364 g/mol. The van der Waals surface area contributed by atoms with Crippen LogP contribution in [0, 0.1) is 13.8 Å². The zero-order valence-corrected chi connectivity index (χ0v) is 15.2. The van der Waals surface area contributed by atoms with Crippen LogP contribution in [0.5, 0.6) is 0 Å². The number of amides is 1. The standard InChI is InChI=1S/C20H20N4O3/c1-11-10-16(13-4-3-5-13)27-20(26)17(11)19(25)22-15-8-6-14(7-9-15)18-21-12(2)23-24-18/h6-10,13H,3-5H2,1-2H3,(H,22,25)(H,21,23,24). The highest BCUT2D eigenvalue weighted by Crippen LogP contribution is 2.36. The van der Waals surface area contributed by atoms with E-state index in [0.29, 0.717) is 28.8 Å². The molecule has 1 aliphatic carbocycles. The van der Waals surface area contributed by atoms with Gasteiger partial charge in [-0.1, -0.05) is 6.42 Å². The van der Waals surface area contributed by atoms with Gasteiger partial charge >= 0.3 is 5.63 Å². The molecule has 7 nitrogen and oxygen atoms in total. The number of benzene rings is 1. The van der Waals surface area contributed by atoms with E-state index in [1.807, 2.05) is 25.1 Å². The number of aromatic amines is 1. The Morgan fingerprint density at radius 1 is 1.22 bits per heavy atom. The van der Waals surface area contributed by atoms with Crippen LogP contribution in [0.1, 0.15) is 52.7 Å². The number of anilines is 1. The second kappa shape index (κ2) is 6.83. The molecule has 27 heavy (non-hydrogen) atoms. The number of hydrogen-bond donors (Lipinski definition) is 2. The van der Waals surface area contributed by atoms with Gasteiger partial charge in [0.05, 0.1) is 0 Å². The van der Waals surface area contributed by atoms with Crippen molar-refractivity contribution in [1.82, 2.24) is 15.2 Å². The van der Waals surface area contributed by atoms with Crippen LogP contribution in [0.15, 0.2) is 39.5 Å². The van der Waals surface area contributed by atoms with Gasteiger partial charge in [-0.25, -0.2) is 9.78 Å². The lowest BCUT2D eigenvalue weighted by molar-refractivity contribution is 0.102. The average molecular weight is 364 g/mol. The second-order valence-corrected chi connectivity index (χ2v) is 6.90. The van der Waals surface area contributed by atoms with Gasteiger partial charge in [0.25, 0.3) is 5.91 Å². The van der Waals surface area contributed by atoms with Gasteiger partial charge in [-0.3, -0.25) is 9.89 Å². The summed E-state index contributed by atoms with van der Waals surface area (Å²) in [6, 6.07) is 8.94. The van der Waals surface area contributed by atoms with E-state index in [-0.39, 0.29) is 5.56 Å². The van der Waals surface area contributed by atoms with E-state index >= 15 is 0 Å². The van der Waals surface area contributed by atoms with Crippen molar-refractivity contribution in [1.29, 1.82) is 0 Å². The molecule has 3 aromatic rings. The van der Waals surface area contributed by atoms with Crippen molar-refractivity contribution in [3.8, 4) is 11.4 Å². The van der Waals surface area contributed by atoms with Gasteiger partial charge in [0, 0.05) is 17.2 Å². The van der Waals surface area contributed by atoms with Crippen LogP contribution in [0.25, 0.3) is 11.4 Å². The number of carbonyl (C=O) groups excluding carboxylic acids is 1. The molecule has 0 saturated heterocycles. The first-order valence-electron chi connectivity index (χ1n) is 8.96.